The Kier molecular flexibility index (Phi) is 28.6. The number of esters is 1. The Bertz CT molecular complexity index is 662. The fourth-order valence-corrected chi connectivity index (χ4v) is 3.48. The molecule has 0 aliphatic carbocycles. The molecule has 0 spiro atoms. The van der Waals surface area contributed by atoms with Crippen molar-refractivity contribution in [2.24, 2.45) is 0 Å². The van der Waals surface area contributed by atoms with Crippen LogP contribution in [0.5, 0.6) is 0 Å². The van der Waals surface area contributed by atoms with Crippen molar-refractivity contribution >= 4 is 5.97 Å². The number of hydrogen-bond donors (Lipinski definition) is 0. The van der Waals surface area contributed by atoms with E-state index >= 15 is 0 Å². The van der Waals surface area contributed by atoms with Crippen LogP contribution in [0, 0.1) is 0 Å². The summed E-state index contributed by atoms with van der Waals surface area (Å²) < 4.78 is 48.9. The van der Waals surface area contributed by atoms with E-state index in [1.807, 2.05) is 6.07 Å². The lowest BCUT2D eigenvalue weighted by Gasteiger charge is -2.09. The van der Waals surface area contributed by atoms with E-state index in [0.717, 1.165) is 13.0 Å². The van der Waals surface area contributed by atoms with E-state index in [0.29, 0.717) is 105 Å². The lowest BCUT2D eigenvalue weighted by molar-refractivity contribution is -0.0244. The Balaban J connectivity index is 1.65. The molecular weight excluding hydrogens is 532 g/mol. The first-order valence-corrected chi connectivity index (χ1v) is 15.2. The van der Waals surface area contributed by atoms with Gasteiger partial charge in [-0.15, -0.1) is 0 Å². The van der Waals surface area contributed by atoms with Crippen LogP contribution >= 0.6 is 0 Å². The minimum atomic E-state index is -0.350. The topological polar surface area (TPSA) is 100 Å². The molecule has 1 rings (SSSR count). The smallest absolute Gasteiger partial charge is 0.338 e. The van der Waals surface area contributed by atoms with Crippen LogP contribution in [0.15, 0.2) is 30.3 Å². The van der Waals surface area contributed by atoms with Gasteiger partial charge in [-0.2, -0.15) is 0 Å². The van der Waals surface area contributed by atoms with Gasteiger partial charge in [-0.1, -0.05) is 57.2 Å². The molecule has 0 aromatic heterocycles. The standard InChI is InChI=1S/C31H54O10/c1-2-3-4-5-6-10-13-33-14-15-34-16-17-35-18-19-36-20-21-37-22-23-38-24-25-39-26-27-40-28-29-41-31(32)30-11-8-7-9-12-30/h7-9,11-12H,2-6,10,13-29H2,1H3. The maximum Gasteiger partial charge on any atom is 0.338 e. The largest absolute Gasteiger partial charge is 0.460 e. The third-order valence-electron chi connectivity index (χ3n) is 5.72. The summed E-state index contributed by atoms with van der Waals surface area (Å²) >= 11 is 0. The zero-order valence-corrected chi connectivity index (χ0v) is 25.2. The summed E-state index contributed by atoms with van der Waals surface area (Å²) in [4.78, 5) is 11.8. The van der Waals surface area contributed by atoms with Gasteiger partial charge in [0.25, 0.3) is 0 Å². The second-order valence-corrected chi connectivity index (χ2v) is 9.17. The zero-order valence-electron chi connectivity index (χ0n) is 25.2. The average molecular weight is 587 g/mol. The number of ether oxygens (including phenoxy) is 9. The van der Waals surface area contributed by atoms with Crippen LogP contribution in [0.2, 0.25) is 0 Å². The molecule has 0 bridgehead atoms. The van der Waals surface area contributed by atoms with E-state index in [2.05, 4.69) is 6.92 Å². The van der Waals surface area contributed by atoms with Crippen LogP contribution in [-0.4, -0.2) is 118 Å². The van der Waals surface area contributed by atoms with Gasteiger partial charge < -0.3 is 42.6 Å². The van der Waals surface area contributed by atoms with Crippen molar-refractivity contribution in [3.8, 4) is 0 Å². The lowest BCUT2D eigenvalue weighted by atomic mass is 10.1. The molecule has 0 fully saturated rings. The minimum absolute atomic E-state index is 0.209. The summed E-state index contributed by atoms with van der Waals surface area (Å²) in [6, 6.07) is 8.87. The third-order valence-corrected chi connectivity index (χ3v) is 5.72. The Labute approximate surface area is 247 Å². The number of carbonyl (C=O) groups excluding carboxylic acids is 1. The number of carbonyl (C=O) groups is 1. The second-order valence-electron chi connectivity index (χ2n) is 9.17. The summed E-state index contributed by atoms with van der Waals surface area (Å²) in [5.74, 6) is -0.350. The van der Waals surface area contributed by atoms with E-state index in [1.165, 1.54) is 32.1 Å². The van der Waals surface area contributed by atoms with Gasteiger partial charge in [0, 0.05) is 6.61 Å². The first-order chi connectivity index (χ1) is 20.3. The van der Waals surface area contributed by atoms with Gasteiger partial charge >= 0.3 is 5.97 Å². The molecule has 0 aliphatic rings. The molecule has 0 amide bonds. The fourth-order valence-electron chi connectivity index (χ4n) is 3.48. The average Bonchev–Trinajstić information content (AvgIpc) is 3.00. The third kappa shape index (κ3) is 27.0. The van der Waals surface area contributed by atoms with Crippen LogP contribution < -0.4 is 0 Å². The van der Waals surface area contributed by atoms with Gasteiger partial charge in [-0.05, 0) is 18.6 Å². The molecule has 0 aliphatic heterocycles. The Hall–Kier alpha value is -1.63. The van der Waals surface area contributed by atoms with Crippen molar-refractivity contribution in [2.75, 3.05) is 112 Å². The molecule has 0 unspecified atom stereocenters. The van der Waals surface area contributed by atoms with Crippen LogP contribution in [0.1, 0.15) is 55.8 Å². The van der Waals surface area contributed by atoms with Crippen molar-refractivity contribution in [2.45, 2.75) is 45.4 Å². The van der Waals surface area contributed by atoms with Crippen LogP contribution in [0.3, 0.4) is 0 Å². The number of hydrogen-bond acceptors (Lipinski definition) is 10. The quantitative estimate of drug-likeness (QED) is 0.0896. The van der Waals surface area contributed by atoms with Gasteiger partial charge in [0.1, 0.15) is 6.61 Å². The van der Waals surface area contributed by atoms with Gasteiger partial charge in [-0.3, -0.25) is 0 Å². The first-order valence-electron chi connectivity index (χ1n) is 15.2. The highest BCUT2D eigenvalue weighted by Gasteiger charge is 2.05. The molecule has 0 N–H and O–H groups in total. The van der Waals surface area contributed by atoms with Crippen LogP contribution in [0.25, 0.3) is 0 Å². The Morgan fingerprint density at radius 3 is 1.20 bits per heavy atom. The predicted molar refractivity (Wildman–Crippen MR) is 157 cm³/mol. The highest BCUT2D eigenvalue weighted by Crippen LogP contribution is 2.05. The molecular formula is C31H54O10. The molecule has 10 nitrogen and oxygen atoms in total. The summed E-state index contributed by atoms with van der Waals surface area (Å²) in [6.45, 7) is 10.9. The normalized spacial score (nSPS) is 11.2. The highest BCUT2D eigenvalue weighted by molar-refractivity contribution is 5.89. The van der Waals surface area contributed by atoms with Gasteiger partial charge in [0.2, 0.25) is 0 Å². The molecule has 10 heteroatoms. The second kappa shape index (κ2) is 31.3. The van der Waals surface area contributed by atoms with Crippen molar-refractivity contribution in [1.82, 2.24) is 0 Å². The van der Waals surface area contributed by atoms with Crippen molar-refractivity contribution in [3.05, 3.63) is 35.9 Å². The fraction of sp³-hybridized carbons (Fsp3) is 0.774. The van der Waals surface area contributed by atoms with E-state index in [-0.39, 0.29) is 12.6 Å². The Morgan fingerprint density at radius 1 is 0.439 bits per heavy atom. The monoisotopic (exact) mass is 586 g/mol. The molecule has 0 heterocycles. The molecule has 0 saturated carbocycles. The van der Waals surface area contributed by atoms with Crippen LogP contribution in [0.4, 0.5) is 0 Å². The predicted octanol–water partition coefficient (Wildman–Crippen LogP) is 4.34. The SMILES string of the molecule is CCCCCCCCOCCOCCOCCOCCOCCOCCOCCOCCOC(=O)c1ccccc1. The van der Waals surface area contributed by atoms with Crippen molar-refractivity contribution < 1.29 is 47.4 Å². The van der Waals surface area contributed by atoms with Crippen molar-refractivity contribution in [1.29, 1.82) is 0 Å². The molecule has 0 atom stereocenters. The first kappa shape index (κ1) is 37.4. The number of benzene rings is 1. The zero-order chi connectivity index (χ0) is 29.3. The lowest BCUT2D eigenvalue weighted by Crippen LogP contribution is -2.15. The van der Waals surface area contributed by atoms with Gasteiger partial charge in [-0.25, -0.2) is 4.79 Å². The van der Waals surface area contributed by atoms with E-state index in [1.54, 1.807) is 24.3 Å². The molecule has 41 heavy (non-hydrogen) atoms. The van der Waals surface area contributed by atoms with Crippen LogP contribution in [-0.2, 0) is 42.6 Å². The summed E-state index contributed by atoms with van der Waals surface area (Å²) in [7, 11) is 0. The Morgan fingerprint density at radius 2 is 0.780 bits per heavy atom. The van der Waals surface area contributed by atoms with Gasteiger partial charge in [0.15, 0.2) is 0 Å². The number of rotatable bonds is 32. The summed E-state index contributed by atoms with van der Waals surface area (Å²) in [5.41, 5.74) is 0.531. The molecule has 0 radical (unpaired) electrons. The maximum atomic E-state index is 11.8. The molecule has 238 valence electrons. The maximum absolute atomic E-state index is 11.8. The van der Waals surface area contributed by atoms with Crippen molar-refractivity contribution in [3.63, 3.8) is 0 Å². The van der Waals surface area contributed by atoms with E-state index < -0.39 is 0 Å². The van der Waals surface area contributed by atoms with Gasteiger partial charge in [0.05, 0.1) is 105 Å². The molecule has 1 aromatic rings. The molecule has 0 saturated heterocycles. The number of unbranched alkanes of at least 4 members (excludes halogenated alkanes) is 5. The van der Waals surface area contributed by atoms with E-state index in [9.17, 15) is 4.79 Å². The van der Waals surface area contributed by atoms with E-state index in [4.69, 9.17) is 42.6 Å². The minimum Gasteiger partial charge on any atom is -0.460 e. The molecule has 1 aromatic carbocycles. The highest BCUT2D eigenvalue weighted by atomic mass is 16.6. The summed E-state index contributed by atoms with van der Waals surface area (Å²) in [6.07, 6.45) is 7.67. The summed E-state index contributed by atoms with van der Waals surface area (Å²) in [5, 5.41) is 0.